The minimum atomic E-state index is 0.224. The van der Waals surface area contributed by atoms with Crippen LogP contribution in [0, 0.1) is 0 Å². The number of rotatable bonds is 5. The molecule has 0 unspecified atom stereocenters. The van der Waals surface area contributed by atoms with Crippen LogP contribution in [0.25, 0.3) is 16.9 Å². The van der Waals surface area contributed by atoms with Crippen molar-refractivity contribution in [1.29, 1.82) is 0 Å². The molecule has 4 aromatic rings. The van der Waals surface area contributed by atoms with Crippen molar-refractivity contribution >= 4 is 23.6 Å². The van der Waals surface area contributed by atoms with E-state index in [0.717, 1.165) is 17.4 Å². The van der Waals surface area contributed by atoms with Crippen LogP contribution in [0.1, 0.15) is 16.1 Å². The van der Waals surface area contributed by atoms with Crippen LogP contribution in [0.2, 0.25) is 0 Å². The second-order valence-electron chi connectivity index (χ2n) is 6.06. The van der Waals surface area contributed by atoms with Crippen LogP contribution in [0.15, 0.2) is 43.1 Å². The molecule has 0 atom stereocenters. The number of nitrogens with two attached hydrogens (primary N) is 2. The molecule has 27 heavy (non-hydrogen) atoms. The summed E-state index contributed by atoms with van der Waals surface area (Å²) < 4.78 is 3.38. The van der Waals surface area contributed by atoms with Gasteiger partial charge in [0.15, 0.2) is 17.9 Å². The number of hydrazine groups is 1. The first-order valence-corrected chi connectivity index (χ1v) is 8.10. The summed E-state index contributed by atoms with van der Waals surface area (Å²) in [5.74, 6) is 6.79. The van der Waals surface area contributed by atoms with Gasteiger partial charge in [-0.15, -0.1) is 0 Å². The molecule has 0 aliphatic carbocycles. The molecule has 0 amide bonds. The maximum atomic E-state index is 11.1. The first kappa shape index (κ1) is 16.7. The highest BCUT2D eigenvalue weighted by molar-refractivity contribution is 5.74. The molecule has 0 bridgehead atoms. The average molecular weight is 363 g/mol. The summed E-state index contributed by atoms with van der Waals surface area (Å²) in [5, 5.41) is 5.55. The lowest BCUT2D eigenvalue weighted by Crippen LogP contribution is -2.32. The van der Waals surface area contributed by atoms with E-state index in [1.54, 1.807) is 27.7 Å². The van der Waals surface area contributed by atoms with Crippen LogP contribution in [0.3, 0.4) is 0 Å². The van der Waals surface area contributed by atoms with Gasteiger partial charge >= 0.3 is 0 Å². The quantitative estimate of drug-likeness (QED) is 0.302. The Balaban J connectivity index is 1.64. The number of fused-ring (bicyclic) bond motifs is 1. The van der Waals surface area contributed by atoms with Crippen molar-refractivity contribution in [1.82, 2.24) is 29.1 Å². The second kappa shape index (κ2) is 6.50. The summed E-state index contributed by atoms with van der Waals surface area (Å²) in [4.78, 5) is 24.0. The first-order valence-electron chi connectivity index (χ1n) is 8.10. The number of anilines is 2. The number of hydrogen-bond donors (Lipinski definition) is 2. The fourth-order valence-corrected chi connectivity index (χ4v) is 2.79. The zero-order valence-electron chi connectivity index (χ0n) is 14.5. The highest BCUT2D eigenvalue weighted by Gasteiger charge is 2.14. The van der Waals surface area contributed by atoms with E-state index in [1.165, 1.54) is 11.2 Å². The van der Waals surface area contributed by atoms with Crippen molar-refractivity contribution in [2.24, 2.45) is 12.9 Å². The molecule has 0 aliphatic heterocycles. The van der Waals surface area contributed by atoms with E-state index in [2.05, 4.69) is 20.1 Å². The van der Waals surface area contributed by atoms with Crippen molar-refractivity contribution < 1.29 is 4.79 Å². The van der Waals surface area contributed by atoms with Crippen molar-refractivity contribution in [3.8, 4) is 11.3 Å². The predicted molar refractivity (Wildman–Crippen MR) is 99.6 cm³/mol. The number of nitrogen functional groups attached to an aromatic ring is 1. The van der Waals surface area contributed by atoms with Gasteiger partial charge in [-0.1, -0.05) is 6.07 Å². The van der Waals surface area contributed by atoms with Gasteiger partial charge in [-0.2, -0.15) is 5.10 Å². The molecule has 4 aromatic heterocycles. The molecular formula is C17H17N9O. The number of aryl methyl sites for hydroxylation is 1. The number of hydrogen-bond acceptors (Lipinski definition) is 8. The van der Waals surface area contributed by atoms with Gasteiger partial charge in [0.25, 0.3) is 0 Å². The Labute approximate surface area is 154 Å². The van der Waals surface area contributed by atoms with E-state index >= 15 is 0 Å². The van der Waals surface area contributed by atoms with Gasteiger partial charge in [-0.25, -0.2) is 20.8 Å². The van der Waals surface area contributed by atoms with Crippen molar-refractivity contribution in [2.45, 2.75) is 6.54 Å². The van der Waals surface area contributed by atoms with E-state index in [1.807, 2.05) is 25.4 Å². The van der Waals surface area contributed by atoms with Crippen LogP contribution in [0.4, 0.5) is 11.6 Å². The SMILES string of the molecule is Cn1cc(-c2cnc(N)c(N(N)Cc3ccc4ncc(C=O)n4c3)n2)cn1. The molecule has 0 saturated heterocycles. The zero-order chi connectivity index (χ0) is 19.0. The van der Waals surface area contributed by atoms with Crippen molar-refractivity contribution in [3.05, 3.63) is 54.4 Å². The van der Waals surface area contributed by atoms with E-state index in [9.17, 15) is 4.79 Å². The van der Waals surface area contributed by atoms with E-state index in [4.69, 9.17) is 11.6 Å². The molecule has 0 aliphatic rings. The number of imidazole rings is 1. The maximum Gasteiger partial charge on any atom is 0.186 e. The van der Waals surface area contributed by atoms with E-state index < -0.39 is 0 Å². The zero-order valence-corrected chi connectivity index (χ0v) is 14.5. The lowest BCUT2D eigenvalue weighted by atomic mass is 10.2. The van der Waals surface area contributed by atoms with Gasteiger partial charge in [-0.05, 0) is 11.6 Å². The molecule has 136 valence electrons. The van der Waals surface area contributed by atoms with Gasteiger partial charge in [0.1, 0.15) is 11.3 Å². The Kier molecular flexibility index (Phi) is 4.01. The number of pyridine rings is 1. The van der Waals surface area contributed by atoms with Gasteiger partial charge in [0, 0.05) is 25.0 Å². The fourth-order valence-electron chi connectivity index (χ4n) is 2.79. The predicted octanol–water partition coefficient (Wildman–Crippen LogP) is 0.800. The number of aromatic nitrogens is 6. The molecule has 10 nitrogen and oxygen atoms in total. The minimum absolute atomic E-state index is 0.224. The van der Waals surface area contributed by atoms with Crippen LogP contribution in [-0.2, 0) is 13.6 Å². The van der Waals surface area contributed by atoms with E-state index in [0.29, 0.717) is 29.4 Å². The molecule has 0 radical (unpaired) electrons. The molecular weight excluding hydrogens is 346 g/mol. The number of carbonyl (C=O) groups is 1. The highest BCUT2D eigenvalue weighted by atomic mass is 16.1. The third-order valence-corrected chi connectivity index (χ3v) is 4.12. The summed E-state index contributed by atoms with van der Waals surface area (Å²) in [6.07, 6.45) is 9.19. The summed E-state index contributed by atoms with van der Waals surface area (Å²) in [5.41, 5.74) is 9.41. The van der Waals surface area contributed by atoms with Crippen LogP contribution in [0.5, 0.6) is 0 Å². The molecule has 4 N–H and O–H groups in total. The normalized spacial score (nSPS) is 11.0. The second-order valence-corrected chi connectivity index (χ2v) is 6.06. The third kappa shape index (κ3) is 3.09. The Bertz CT molecular complexity index is 1130. The number of carbonyl (C=O) groups excluding carboxylic acids is 1. The lowest BCUT2D eigenvalue weighted by molar-refractivity contribution is 0.111. The van der Waals surface area contributed by atoms with Crippen LogP contribution >= 0.6 is 0 Å². The first-order chi connectivity index (χ1) is 13.0. The summed E-state index contributed by atoms with van der Waals surface area (Å²) >= 11 is 0. The van der Waals surface area contributed by atoms with Crippen LogP contribution < -0.4 is 16.6 Å². The molecule has 0 aromatic carbocycles. The summed E-state index contributed by atoms with van der Waals surface area (Å²) in [7, 11) is 1.82. The molecule has 0 fully saturated rings. The summed E-state index contributed by atoms with van der Waals surface area (Å²) in [6, 6.07) is 3.70. The smallest absolute Gasteiger partial charge is 0.186 e. The Morgan fingerprint density at radius 1 is 1.19 bits per heavy atom. The van der Waals surface area contributed by atoms with Crippen LogP contribution in [-0.4, -0.2) is 35.4 Å². The van der Waals surface area contributed by atoms with Gasteiger partial charge in [-0.3, -0.25) is 18.9 Å². The molecule has 4 rings (SSSR count). The molecule has 0 spiro atoms. The highest BCUT2D eigenvalue weighted by Crippen LogP contribution is 2.23. The summed E-state index contributed by atoms with van der Waals surface area (Å²) in [6.45, 7) is 0.321. The molecule has 10 heteroatoms. The van der Waals surface area contributed by atoms with Gasteiger partial charge < -0.3 is 5.73 Å². The number of aldehydes is 1. The van der Waals surface area contributed by atoms with Crippen molar-refractivity contribution in [3.63, 3.8) is 0 Å². The van der Waals surface area contributed by atoms with E-state index in [-0.39, 0.29) is 5.82 Å². The molecule has 4 heterocycles. The average Bonchev–Trinajstić information content (AvgIpc) is 3.27. The largest absolute Gasteiger partial charge is 0.381 e. The lowest BCUT2D eigenvalue weighted by Gasteiger charge is -2.19. The Morgan fingerprint density at radius 3 is 2.78 bits per heavy atom. The molecule has 0 saturated carbocycles. The minimum Gasteiger partial charge on any atom is -0.381 e. The van der Waals surface area contributed by atoms with Crippen molar-refractivity contribution in [2.75, 3.05) is 10.7 Å². The third-order valence-electron chi connectivity index (χ3n) is 4.12. The van der Waals surface area contributed by atoms with Gasteiger partial charge in [0.2, 0.25) is 0 Å². The Morgan fingerprint density at radius 2 is 2.04 bits per heavy atom. The monoisotopic (exact) mass is 363 g/mol. The Hall–Kier alpha value is -3.79. The maximum absolute atomic E-state index is 11.1. The topological polar surface area (TPSA) is 133 Å². The standard InChI is InChI=1S/C17H17N9O/c1-24-9-12(4-22-24)14-6-21-16(18)17(23-14)26(19)8-11-2-3-15-20-5-13(10-27)25(15)7-11/h2-7,9-10H,8,19H2,1H3,(H2,18,21). The number of nitrogens with zero attached hydrogens (tertiary/aromatic N) is 7. The van der Waals surface area contributed by atoms with Gasteiger partial charge in [0.05, 0.1) is 30.8 Å². The fraction of sp³-hybridized carbons (Fsp3) is 0.118.